The van der Waals surface area contributed by atoms with E-state index in [2.05, 4.69) is 5.32 Å². The minimum absolute atomic E-state index is 0.135. The van der Waals surface area contributed by atoms with Crippen LogP contribution in [-0.4, -0.2) is 36.3 Å². The smallest absolute Gasteiger partial charge is 0.266 e. The number of amides is 2. The topological polar surface area (TPSA) is 96.9 Å². The molecule has 3 N–H and O–H groups in total. The van der Waals surface area contributed by atoms with E-state index in [0.717, 1.165) is 25.7 Å². The summed E-state index contributed by atoms with van der Waals surface area (Å²) in [6.45, 7) is 3.56. The molecule has 0 aliphatic heterocycles. The van der Waals surface area contributed by atoms with Gasteiger partial charge in [0.05, 0.1) is 13.2 Å². The summed E-state index contributed by atoms with van der Waals surface area (Å²) in [6, 6.07) is 4.08. The van der Waals surface area contributed by atoms with Crippen molar-refractivity contribution >= 4 is 11.8 Å². The summed E-state index contributed by atoms with van der Waals surface area (Å²) in [4.78, 5) is 24.2. The van der Waals surface area contributed by atoms with E-state index in [0.29, 0.717) is 17.1 Å². The molecule has 25 heavy (non-hydrogen) atoms. The second-order valence-corrected chi connectivity index (χ2v) is 6.56. The van der Waals surface area contributed by atoms with Gasteiger partial charge in [0.2, 0.25) is 0 Å². The standard InChI is InChI=1S/C18H26N2O5/c1-11(2)16(18(22)20-23)19-17(21)12-8-9-14(24-3)15(10-12)25-13-6-4-5-7-13/h8-11,13,16,23H,4-7H2,1-3H3,(H,19,21)(H,20,22)/t16-/m1/s1. The molecule has 7 heteroatoms. The van der Waals surface area contributed by atoms with E-state index >= 15 is 0 Å². The number of carbonyl (C=O) groups excluding carboxylic acids is 2. The molecule has 1 aromatic carbocycles. The quantitative estimate of drug-likeness (QED) is 0.518. The Morgan fingerprint density at radius 1 is 1.20 bits per heavy atom. The van der Waals surface area contributed by atoms with Crippen molar-refractivity contribution in [3.05, 3.63) is 23.8 Å². The minimum Gasteiger partial charge on any atom is -0.493 e. The zero-order chi connectivity index (χ0) is 18.4. The van der Waals surface area contributed by atoms with E-state index in [-0.39, 0.29) is 12.0 Å². The first-order valence-electron chi connectivity index (χ1n) is 8.55. The molecule has 1 saturated carbocycles. The van der Waals surface area contributed by atoms with Crippen molar-refractivity contribution in [2.24, 2.45) is 5.92 Å². The van der Waals surface area contributed by atoms with Crippen LogP contribution < -0.4 is 20.3 Å². The summed E-state index contributed by atoms with van der Waals surface area (Å²) in [5, 5.41) is 11.5. The summed E-state index contributed by atoms with van der Waals surface area (Å²) < 4.78 is 11.3. The fourth-order valence-corrected chi connectivity index (χ4v) is 2.92. The van der Waals surface area contributed by atoms with Crippen molar-refractivity contribution in [3.63, 3.8) is 0 Å². The van der Waals surface area contributed by atoms with Crippen LogP contribution >= 0.6 is 0 Å². The molecule has 0 spiro atoms. The fourth-order valence-electron chi connectivity index (χ4n) is 2.92. The van der Waals surface area contributed by atoms with Crippen LogP contribution in [0.3, 0.4) is 0 Å². The molecular formula is C18H26N2O5. The summed E-state index contributed by atoms with van der Waals surface area (Å²) in [7, 11) is 1.55. The Balaban J connectivity index is 2.16. The van der Waals surface area contributed by atoms with Crippen molar-refractivity contribution in [1.29, 1.82) is 0 Å². The van der Waals surface area contributed by atoms with Gasteiger partial charge in [-0.1, -0.05) is 13.8 Å². The Kier molecular flexibility index (Phi) is 6.64. The van der Waals surface area contributed by atoms with Crippen LogP contribution in [0.15, 0.2) is 18.2 Å². The first kappa shape index (κ1) is 19.1. The number of hydroxylamine groups is 1. The average Bonchev–Trinajstić information content (AvgIpc) is 3.11. The number of carbonyl (C=O) groups is 2. The number of methoxy groups -OCH3 is 1. The van der Waals surface area contributed by atoms with Gasteiger partial charge in [0, 0.05) is 5.56 Å². The number of nitrogens with one attached hydrogen (secondary N) is 2. The molecule has 1 aliphatic rings. The normalized spacial score (nSPS) is 15.7. The van der Waals surface area contributed by atoms with Gasteiger partial charge in [-0.3, -0.25) is 14.8 Å². The van der Waals surface area contributed by atoms with Gasteiger partial charge >= 0.3 is 0 Å². The number of benzene rings is 1. The van der Waals surface area contributed by atoms with Crippen LogP contribution in [0.1, 0.15) is 49.9 Å². The third-order valence-corrected chi connectivity index (χ3v) is 4.37. The van der Waals surface area contributed by atoms with Crippen LogP contribution in [0.5, 0.6) is 11.5 Å². The molecule has 1 aliphatic carbocycles. The Hall–Kier alpha value is -2.28. The van der Waals surface area contributed by atoms with E-state index in [1.165, 1.54) is 0 Å². The lowest BCUT2D eigenvalue weighted by atomic mass is 10.0. The van der Waals surface area contributed by atoms with Gasteiger partial charge in [-0.15, -0.1) is 0 Å². The van der Waals surface area contributed by atoms with Crippen LogP contribution in [0.2, 0.25) is 0 Å². The minimum atomic E-state index is -0.834. The molecule has 0 radical (unpaired) electrons. The molecule has 2 amide bonds. The van der Waals surface area contributed by atoms with Crippen LogP contribution in [0.4, 0.5) is 0 Å². The lowest BCUT2D eigenvalue weighted by Gasteiger charge is -2.21. The van der Waals surface area contributed by atoms with Crippen molar-refractivity contribution in [2.75, 3.05) is 7.11 Å². The predicted molar refractivity (Wildman–Crippen MR) is 91.9 cm³/mol. The van der Waals surface area contributed by atoms with Crippen molar-refractivity contribution < 1.29 is 24.3 Å². The predicted octanol–water partition coefficient (Wildman–Crippen LogP) is 2.28. The van der Waals surface area contributed by atoms with Crippen molar-refractivity contribution in [3.8, 4) is 11.5 Å². The SMILES string of the molecule is COc1ccc(C(=O)N[C@@H](C(=O)NO)C(C)C)cc1OC1CCCC1. The molecular weight excluding hydrogens is 324 g/mol. The second kappa shape index (κ2) is 8.71. The third kappa shape index (κ3) is 4.85. The molecule has 0 heterocycles. The summed E-state index contributed by atoms with van der Waals surface area (Å²) in [6.07, 6.45) is 4.40. The largest absolute Gasteiger partial charge is 0.493 e. The third-order valence-electron chi connectivity index (χ3n) is 4.37. The van der Waals surface area contributed by atoms with E-state index in [9.17, 15) is 9.59 Å². The van der Waals surface area contributed by atoms with E-state index in [1.54, 1.807) is 44.6 Å². The first-order valence-corrected chi connectivity index (χ1v) is 8.55. The molecule has 138 valence electrons. The van der Waals surface area contributed by atoms with Gasteiger partial charge in [-0.05, 0) is 49.8 Å². The number of ether oxygens (including phenoxy) is 2. The van der Waals surface area contributed by atoms with Gasteiger partial charge in [-0.2, -0.15) is 0 Å². The molecule has 7 nitrogen and oxygen atoms in total. The van der Waals surface area contributed by atoms with E-state index in [1.807, 2.05) is 0 Å². The highest BCUT2D eigenvalue weighted by atomic mass is 16.5. The van der Waals surface area contributed by atoms with Gasteiger partial charge in [0.25, 0.3) is 11.8 Å². The van der Waals surface area contributed by atoms with Crippen molar-refractivity contribution in [2.45, 2.75) is 51.7 Å². The number of hydrogen-bond acceptors (Lipinski definition) is 5. The first-order chi connectivity index (χ1) is 12.0. The maximum atomic E-state index is 12.5. The zero-order valence-electron chi connectivity index (χ0n) is 14.9. The van der Waals surface area contributed by atoms with Crippen LogP contribution in [-0.2, 0) is 4.79 Å². The monoisotopic (exact) mass is 350 g/mol. The number of hydrogen-bond donors (Lipinski definition) is 3. The van der Waals surface area contributed by atoms with Gasteiger partial charge in [-0.25, -0.2) is 5.48 Å². The molecule has 1 fully saturated rings. The van der Waals surface area contributed by atoms with Gasteiger partial charge < -0.3 is 14.8 Å². The highest BCUT2D eigenvalue weighted by Gasteiger charge is 2.25. The Labute approximate surface area is 147 Å². The highest BCUT2D eigenvalue weighted by Crippen LogP contribution is 2.32. The maximum Gasteiger partial charge on any atom is 0.266 e. The molecule has 0 saturated heterocycles. The summed E-state index contributed by atoms with van der Waals surface area (Å²) in [5.74, 6) is -0.157. The van der Waals surface area contributed by atoms with E-state index < -0.39 is 17.9 Å². The van der Waals surface area contributed by atoms with Gasteiger partial charge in [0.1, 0.15) is 6.04 Å². The highest BCUT2D eigenvalue weighted by molar-refractivity contribution is 5.98. The maximum absolute atomic E-state index is 12.5. The molecule has 1 atom stereocenters. The lowest BCUT2D eigenvalue weighted by molar-refractivity contribution is -0.132. The molecule has 1 aromatic rings. The second-order valence-electron chi connectivity index (χ2n) is 6.56. The lowest BCUT2D eigenvalue weighted by Crippen LogP contribution is -2.48. The Morgan fingerprint density at radius 2 is 1.88 bits per heavy atom. The number of rotatable bonds is 7. The Bertz CT molecular complexity index is 611. The van der Waals surface area contributed by atoms with E-state index in [4.69, 9.17) is 14.7 Å². The molecule has 0 bridgehead atoms. The fraction of sp³-hybridized carbons (Fsp3) is 0.556. The molecule has 2 rings (SSSR count). The van der Waals surface area contributed by atoms with Crippen LogP contribution in [0.25, 0.3) is 0 Å². The Morgan fingerprint density at radius 3 is 2.44 bits per heavy atom. The van der Waals surface area contributed by atoms with Crippen LogP contribution in [0, 0.1) is 5.92 Å². The summed E-state index contributed by atoms with van der Waals surface area (Å²) in [5.41, 5.74) is 1.95. The van der Waals surface area contributed by atoms with Crippen molar-refractivity contribution in [1.82, 2.24) is 10.8 Å². The van der Waals surface area contributed by atoms with Gasteiger partial charge in [0.15, 0.2) is 11.5 Å². The molecule has 0 unspecified atom stereocenters. The summed E-state index contributed by atoms with van der Waals surface area (Å²) >= 11 is 0. The average molecular weight is 350 g/mol. The molecule has 0 aromatic heterocycles. The zero-order valence-corrected chi connectivity index (χ0v) is 14.9.